The van der Waals surface area contributed by atoms with E-state index in [2.05, 4.69) is 5.10 Å². The molecule has 1 saturated heterocycles. The van der Waals surface area contributed by atoms with Gasteiger partial charge in [-0.15, -0.1) is 0 Å². The molecule has 146 valence electrons. The average Bonchev–Trinajstić information content (AvgIpc) is 2.97. The lowest BCUT2D eigenvalue weighted by molar-refractivity contribution is 0.0730. The minimum atomic E-state index is -3.73. The Morgan fingerprint density at radius 2 is 1.81 bits per heavy atom. The number of carbonyl (C=O) groups excluding carboxylic acids is 1. The van der Waals surface area contributed by atoms with Crippen LogP contribution in [-0.4, -0.2) is 61.3 Å². The molecule has 1 aromatic carbocycles. The van der Waals surface area contributed by atoms with Crippen molar-refractivity contribution in [2.75, 3.05) is 32.9 Å². The van der Waals surface area contributed by atoms with Crippen LogP contribution in [-0.2, 0) is 14.8 Å². The van der Waals surface area contributed by atoms with Gasteiger partial charge in [0.05, 0.1) is 31.2 Å². The van der Waals surface area contributed by atoms with Crippen LogP contribution < -0.4 is 4.74 Å². The van der Waals surface area contributed by atoms with Gasteiger partial charge in [0, 0.05) is 18.7 Å². The van der Waals surface area contributed by atoms with Gasteiger partial charge >= 0.3 is 0 Å². The number of aromatic nitrogens is 2. The third-order valence-corrected chi connectivity index (χ3v) is 6.55. The second kappa shape index (κ2) is 7.79. The molecule has 0 saturated carbocycles. The lowest BCUT2D eigenvalue weighted by Gasteiger charge is -2.26. The first-order valence-electron chi connectivity index (χ1n) is 8.78. The van der Waals surface area contributed by atoms with Gasteiger partial charge in [0.25, 0.3) is 5.91 Å². The summed E-state index contributed by atoms with van der Waals surface area (Å²) in [4.78, 5) is 12.9. The molecule has 2 heterocycles. The van der Waals surface area contributed by atoms with Gasteiger partial charge in [-0.2, -0.15) is 14.1 Å². The van der Waals surface area contributed by atoms with E-state index >= 15 is 0 Å². The Labute approximate surface area is 158 Å². The van der Waals surface area contributed by atoms with E-state index in [1.807, 2.05) is 6.92 Å². The summed E-state index contributed by atoms with van der Waals surface area (Å²) >= 11 is 0. The van der Waals surface area contributed by atoms with Crippen molar-refractivity contribution in [1.82, 2.24) is 14.1 Å². The molecule has 2 aromatic rings. The minimum Gasteiger partial charge on any atom is -0.494 e. The molecule has 8 nitrogen and oxygen atoms in total. The smallest absolute Gasteiger partial charge is 0.278 e. The Bertz CT molecular complexity index is 929. The van der Waals surface area contributed by atoms with Gasteiger partial charge in [-0.05, 0) is 45.0 Å². The molecule has 27 heavy (non-hydrogen) atoms. The maximum Gasteiger partial charge on any atom is 0.278 e. The van der Waals surface area contributed by atoms with Crippen LogP contribution >= 0.6 is 0 Å². The maximum atomic E-state index is 13.0. The predicted octanol–water partition coefficient (Wildman–Crippen LogP) is 1.61. The van der Waals surface area contributed by atoms with Crippen LogP contribution in [0.4, 0.5) is 0 Å². The topological polar surface area (TPSA) is 90.7 Å². The monoisotopic (exact) mass is 393 g/mol. The number of hydrogen-bond donors (Lipinski definition) is 0. The number of benzene rings is 1. The number of carbonyl (C=O) groups is 1. The largest absolute Gasteiger partial charge is 0.494 e. The summed E-state index contributed by atoms with van der Waals surface area (Å²) in [6.07, 6.45) is 0. The molecular formula is C18H23N3O5S. The van der Waals surface area contributed by atoms with Gasteiger partial charge in [0.15, 0.2) is 0 Å². The lowest BCUT2D eigenvalue weighted by atomic mass is 10.2. The third kappa shape index (κ3) is 3.76. The first-order chi connectivity index (χ1) is 12.9. The van der Waals surface area contributed by atoms with Crippen LogP contribution in [0, 0.1) is 13.8 Å². The van der Waals surface area contributed by atoms with E-state index in [9.17, 15) is 13.2 Å². The predicted molar refractivity (Wildman–Crippen MR) is 98.6 cm³/mol. The van der Waals surface area contributed by atoms with Crippen LogP contribution in [0.15, 0.2) is 29.2 Å². The quantitative estimate of drug-likeness (QED) is 0.767. The van der Waals surface area contributed by atoms with Crippen molar-refractivity contribution in [2.24, 2.45) is 0 Å². The Balaban J connectivity index is 1.94. The van der Waals surface area contributed by atoms with Crippen LogP contribution in [0.25, 0.3) is 0 Å². The first-order valence-corrected chi connectivity index (χ1v) is 10.2. The van der Waals surface area contributed by atoms with Crippen molar-refractivity contribution in [2.45, 2.75) is 25.7 Å². The fraction of sp³-hybridized carbons (Fsp3) is 0.444. The second-order valence-corrected chi connectivity index (χ2v) is 8.07. The zero-order chi connectivity index (χ0) is 19.6. The highest BCUT2D eigenvalue weighted by molar-refractivity contribution is 7.89. The minimum absolute atomic E-state index is 0.0867. The number of ether oxygens (including phenoxy) is 2. The number of hydrogen-bond acceptors (Lipinski definition) is 6. The van der Waals surface area contributed by atoms with E-state index in [-0.39, 0.29) is 10.8 Å². The molecule has 0 aliphatic carbocycles. The van der Waals surface area contributed by atoms with Crippen molar-refractivity contribution >= 4 is 15.9 Å². The lowest BCUT2D eigenvalue weighted by Crippen LogP contribution is -2.41. The summed E-state index contributed by atoms with van der Waals surface area (Å²) in [5.74, 6) is 0.278. The average molecular weight is 393 g/mol. The summed E-state index contributed by atoms with van der Waals surface area (Å²) in [7, 11) is -3.73. The van der Waals surface area contributed by atoms with E-state index in [4.69, 9.17) is 9.47 Å². The molecule has 0 N–H and O–H groups in total. The summed E-state index contributed by atoms with van der Waals surface area (Å²) < 4.78 is 39.1. The molecule has 1 aromatic heterocycles. The SMILES string of the molecule is CCOc1ccc(C(=O)n2nc(C)c(S(=O)(=O)N3CCOCC3)c2C)cc1. The highest BCUT2D eigenvalue weighted by Gasteiger charge is 2.33. The third-order valence-electron chi connectivity index (χ3n) is 4.40. The van der Waals surface area contributed by atoms with E-state index in [1.165, 1.54) is 4.31 Å². The number of nitrogens with zero attached hydrogens (tertiary/aromatic N) is 3. The summed E-state index contributed by atoms with van der Waals surface area (Å²) in [5, 5.41) is 4.21. The molecule has 0 amide bonds. The van der Waals surface area contributed by atoms with Gasteiger partial charge in [-0.3, -0.25) is 4.79 Å². The van der Waals surface area contributed by atoms with Crippen molar-refractivity contribution < 1.29 is 22.7 Å². The molecule has 0 spiro atoms. The zero-order valence-electron chi connectivity index (χ0n) is 15.6. The molecule has 1 aliphatic rings. The van der Waals surface area contributed by atoms with Gasteiger partial charge in [0.2, 0.25) is 10.0 Å². The molecule has 0 bridgehead atoms. The first kappa shape index (κ1) is 19.5. The molecule has 9 heteroatoms. The molecule has 3 rings (SSSR count). The summed E-state index contributed by atoms with van der Waals surface area (Å²) in [5.41, 5.74) is 1.01. The second-order valence-electron chi connectivity index (χ2n) is 6.19. The standard InChI is InChI=1S/C18H23N3O5S/c1-4-26-16-7-5-15(6-8-16)18(22)21-14(3)17(13(2)19-21)27(23,24)20-9-11-25-12-10-20/h5-8H,4,9-12H2,1-3H3. The van der Waals surface area contributed by atoms with E-state index < -0.39 is 10.0 Å². The van der Waals surface area contributed by atoms with Crippen molar-refractivity contribution in [3.05, 3.63) is 41.2 Å². The number of sulfonamides is 1. The fourth-order valence-corrected chi connectivity index (χ4v) is 4.86. The van der Waals surface area contributed by atoms with Crippen LogP contribution in [0.2, 0.25) is 0 Å². The highest BCUT2D eigenvalue weighted by Crippen LogP contribution is 2.25. The number of morpholine rings is 1. The van der Waals surface area contributed by atoms with E-state index in [0.717, 1.165) is 4.68 Å². The van der Waals surface area contributed by atoms with Gasteiger partial charge in [-0.1, -0.05) is 0 Å². The van der Waals surface area contributed by atoms with Crippen molar-refractivity contribution in [3.8, 4) is 5.75 Å². The molecule has 1 aliphatic heterocycles. The van der Waals surface area contributed by atoms with E-state index in [1.54, 1.807) is 38.1 Å². The Kier molecular flexibility index (Phi) is 5.64. The van der Waals surface area contributed by atoms with Crippen molar-refractivity contribution in [3.63, 3.8) is 0 Å². The molecule has 0 unspecified atom stereocenters. The molecule has 0 radical (unpaired) electrons. The molecule has 0 atom stereocenters. The Morgan fingerprint density at radius 1 is 1.19 bits per heavy atom. The Hall–Kier alpha value is -2.23. The van der Waals surface area contributed by atoms with Gasteiger partial charge in [-0.25, -0.2) is 8.42 Å². The highest BCUT2D eigenvalue weighted by atomic mass is 32.2. The van der Waals surface area contributed by atoms with Crippen LogP contribution in [0.5, 0.6) is 5.75 Å². The number of rotatable bonds is 5. The van der Waals surface area contributed by atoms with Gasteiger partial charge in [0.1, 0.15) is 10.6 Å². The Morgan fingerprint density at radius 3 is 2.41 bits per heavy atom. The maximum absolute atomic E-state index is 13.0. The summed E-state index contributed by atoms with van der Waals surface area (Å²) in [6.45, 7) is 6.91. The van der Waals surface area contributed by atoms with Crippen LogP contribution in [0.3, 0.4) is 0 Å². The zero-order valence-corrected chi connectivity index (χ0v) is 16.5. The van der Waals surface area contributed by atoms with Crippen LogP contribution in [0.1, 0.15) is 28.7 Å². The number of aryl methyl sites for hydroxylation is 1. The van der Waals surface area contributed by atoms with Crippen molar-refractivity contribution in [1.29, 1.82) is 0 Å². The van der Waals surface area contributed by atoms with E-state index in [0.29, 0.717) is 55.6 Å². The van der Waals surface area contributed by atoms with Gasteiger partial charge < -0.3 is 9.47 Å². The summed E-state index contributed by atoms with van der Waals surface area (Å²) in [6, 6.07) is 6.68. The molecular weight excluding hydrogens is 370 g/mol. The normalized spacial score (nSPS) is 15.7. The molecule has 1 fully saturated rings. The fourth-order valence-electron chi connectivity index (χ4n) is 3.10.